The third kappa shape index (κ3) is 3.33. The highest BCUT2D eigenvalue weighted by atomic mass is 16.5. The van der Waals surface area contributed by atoms with Crippen LogP contribution in [0.25, 0.3) is 0 Å². The summed E-state index contributed by atoms with van der Waals surface area (Å²) < 4.78 is 5.54. The van der Waals surface area contributed by atoms with Crippen molar-refractivity contribution in [3.8, 4) is 0 Å². The van der Waals surface area contributed by atoms with Crippen molar-refractivity contribution >= 4 is 5.97 Å². The number of benzene rings is 1. The number of esters is 1. The lowest BCUT2D eigenvalue weighted by molar-refractivity contribution is 0.00788. The zero-order valence-corrected chi connectivity index (χ0v) is 11.1. The number of nitrogens with zero attached hydrogens (tertiary/aromatic N) is 1. The fourth-order valence-electron chi connectivity index (χ4n) is 2.30. The Morgan fingerprint density at radius 1 is 1.22 bits per heavy atom. The Kier molecular flexibility index (Phi) is 4.37. The predicted octanol–water partition coefficient (Wildman–Crippen LogP) is 2.72. The van der Waals surface area contributed by atoms with Gasteiger partial charge in [-0.3, -0.25) is 0 Å². The Morgan fingerprint density at radius 3 is 2.39 bits per heavy atom. The van der Waals surface area contributed by atoms with Crippen LogP contribution in [0.4, 0.5) is 0 Å². The molecule has 0 unspecified atom stereocenters. The molecule has 0 saturated carbocycles. The Morgan fingerprint density at radius 2 is 1.83 bits per heavy atom. The van der Waals surface area contributed by atoms with Gasteiger partial charge in [0.25, 0.3) is 0 Å². The molecule has 3 nitrogen and oxygen atoms in total. The molecule has 98 valence electrons. The van der Waals surface area contributed by atoms with Crippen molar-refractivity contribution in [3.63, 3.8) is 0 Å². The minimum Gasteiger partial charge on any atom is -0.459 e. The first-order valence-electron chi connectivity index (χ1n) is 6.67. The number of piperidine rings is 1. The van der Waals surface area contributed by atoms with Gasteiger partial charge in [-0.15, -0.1) is 0 Å². The van der Waals surface area contributed by atoms with Crippen molar-refractivity contribution in [2.45, 2.75) is 38.8 Å². The van der Waals surface area contributed by atoms with E-state index in [9.17, 15) is 4.79 Å². The van der Waals surface area contributed by atoms with Crippen LogP contribution in [0.15, 0.2) is 30.3 Å². The van der Waals surface area contributed by atoms with Crippen LogP contribution in [-0.4, -0.2) is 36.1 Å². The summed E-state index contributed by atoms with van der Waals surface area (Å²) in [5, 5.41) is 0. The lowest BCUT2D eigenvalue weighted by Gasteiger charge is -2.34. The van der Waals surface area contributed by atoms with Crippen LogP contribution in [0.1, 0.15) is 37.0 Å². The molecule has 0 spiro atoms. The molecule has 0 amide bonds. The van der Waals surface area contributed by atoms with Crippen molar-refractivity contribution in [3.05, 3.63) is 35.9 Å². The Hall–Kier alpha value is -1.35. The van der Waals surface area contributed by atoms with E-state index in [0.29, 0.717) is 11.6 Å². The number of hydrogen-bond donors (Lipinski definition) is 0. The van der Waals surface area contributed by atoms with Crippen LogP contribution in [0.3, 0.4) is 0 Å². The summed E-state index contributed by atoms with van der Waals surface area (Å²) in [6.07, 6.45) is 1.96. The molecule has 0 radical (unpaired) electrons. The van der Waals surface area contributed by atoms with E-state index in [-0.39, 0.29) is 12.1 Å². The third-order valence-electron chi connectivity index (χ3n) is 3.49. The molecule has 2 rings (SSSR count). The molecule has 0 N–H and O–H groups in total. The van der Waals surface area contributed by atoms with Gasteiger partial charge < -0.3 is 9.64 Å². The van der Waals surface area contributed by atoms with E-state index in [1.54, 1.807) is 12.1 Å². The quantitative estimate of drug-likeness (QED) is 0.769. The molecule has 1 saturated heterocycles. The molecule has 0 aliphatic carbocycles. The van der Waals surface area contributed by atoms with Crippen molar-refractivity contribution in [1.29, 1.82) is 0 Å². The highest BCUT2D eigenvalue weighted by Crippen LogP contribution is 2.17. The van der Waals surface area contributed by atoms with E-state index in [2.05, 4.69) is 18.7 Å². The average Bonchev–Trinajstić information content (AvgIpc) is 2.40. The summed E-state index contributed by atoms with van der Waals surface area (Å²) in [5.74, 6) is -0.196. The lowest BCUT2D eigenvalue weighted by atomic mass is 10.1. The Labute approximate surface area is 109 Å². The van der Waals surface area contributed by atoms with E-state index >= 15 is 0 Å². The van der Waals surface area contributed by atoms with Gasteiger partial charge in [-0.05, 0) is 38.8 Å². The normalized spacial score (nSPS) is 17.9. The van der Waals surface area contributed by atoms with Gasteiger partial charge in [-0.1, -0.05) is 18.2 Å². The number of ether oxygens (including phenoxy) is 1. The van der Waals surface area contributed by atoms with Crippen molar-refractivity contribution in [1.82, 2.24) is 4.90 Å². The topological polar surface area (TPSA) is 29.5 Å². The summed E-state index contributed by atoms with van der Waals surface area (Å²) in [5.41, 5.74) is 0.642. The van der Waals surface area contributed by atoms with Gasteiger partial charge in [-0.25, -0.2) is 4.79 Å². The Bertz CT molecular complexity index is 381. The van der Waals surface area contributed by atoms with E-state index in [4.69, 9.17) is 4.74 Å². The Balaban J connectivity index is 1.83. The largest absolute Gasteiger partial charge is 0.459 e. The number of rotatable bonds is 3. The van der Waals surface area contributed by atoms with Crippen molar-refractivity contribution in [2.75, 3.05) is 13.1 Å². The predicted molar refractivity (Wildman–Crippen MR) is 71.6 cm³/mol. The molecule has 0 atom stereocenters. The molecule has 18 heavy (non-hydrogen) atoms. The number of likely N-dealkylation sites (tertiary alicyclic amines) is 1. The molecular weight excluding hydrogens is 226 g/mol. The zero-order valence-electron chi connectivity index (χ0n) is 11.1. The van der Waals surface area contributed by atoms with Gasteiger partial charge in [-0.2, -0.15) is 0 Å². The molecule has 1 aliphatic rings. The summed E-state index contributed by atoms with van der Waals surface area (Å²) in [4.78, 5) is 14.3. The van der Waals surface area contributed by atoms with Crippen LogP contribution < -0.4 is 0 Å². The maximum absolute atomic E-state index is 11.9. The van der Waals surface area contributed by atoms with E-state index in [1.165, 1.54) is 0 Å². The lowest BCUT2D eigenvalue weighted by Crippen LogP contribution is -2.41. The standard InChI is InChI=1S/C15H21NO2/c1-12(2)16-10-8-14(9-11-16)18-15(17)13-6-4-3-5-7-13/h3-7,12,14H,8-11H2,1-2H3. The minimum atomic E-state index is -0.196. The van der Waals surface area contributed by atoms with Gasteiger partial charge in [0.2, 0.25) is 0 Å². The van der Waals surface area contributed by atoms with Gasteiger partial charge >= 0.3 is 5.97 Å². The summed E-state index contributed by atoms with van der Waals surface area (Å²) in [6.45, 7) is 6.45. The minimum absolute atomic E-state index is 0.0766. The van der Waals surface area contributed by atoms with Crippen LogP contribution in [-0.2, 0) is 4.74 Å². The SMILES string of the molecule is CC(C)N1CCC(OC(=O)c2ccccc2)CC1. The number of carbonyl (C=O) groups excluding carboxylic acids is 1. The number of hydrogen-bond acceptors (Lipinski definition) is 3. The van der Waals surface area contributed by atoms with Crippen LogP contribution in [0.2, 0.25) is 0 Å². The van der Waals surface area contributed by atoms with Gasteiger partial charge in [0, 0.05) is 19.1 Å². The summed E-state index contributed by atoms with van der Waals surface area (Å²) in [7, 11) is 0. The van der Waals surface area contributed by atoms with E-state index in [0.717, 1.165) is 25.9 Å². The molecule has 1 heterocycles. The van der Waals surface area contributed by atoms with E-state index < -0.39 is 0 Å². The molecule has 0 bridgehead atoms. The molecule has 1 aromatic carbocycles. The highest BCUT2D eigenvalue weighted by Gasteiger charge is 2.23. The second kappa shape index (κ2) is 6.01. The van der Waals surface area contributed by atoms with Crippen LogP contribution in [0.5, 0.6) is 0 Å². The van der Waals surface area contributed by atoms with Crippen molar-refractivity contribution in [2.24, 2.45) is 0 Å². The average molecular weight is 247 g/mol. The van der Waals surface area contributed by atoms with E-state index in [1.807, 2.05) is 18.2 Å². The molecule has 3 heteroatoms. The van der Waals surface area contributed by atoms with Crippen molar-refractivity contribution < 1.29 is 9.53 Å². The first-order chi connectivity index (χ1) is 8.66. The van der Waals surface area contributed by atoms with Crippen LogP contribution in [0, 0.1) is 0 Å². The first kappa shape index (κ1) is 13.1. The molecule has 1 aliphatic heterocycles. The first-order valence-corrected chi connectivity index (χ1v) is 6.67. The van der Waals surface area contributed by atoms with Gasteiger partial charge in [0.05, 0.1) is 5.56 Å². The summed E-state index contributed by atoms with van der Waals surface area (Å²) in [6, 6.07) is 9.79. The molecule has 1 aromatic rings. The second-order valence-corrected chi connectivity index (χ2v) is 5.10. The second-order valence-electron chi connectivity index (χ2n) is 5.10. The fraction of sp³-hybridized carbons (Fsp3) is 0.533. The van der Waals surface area contributed by atoms with Gasteiger partial charge in [0.1, 0.15) is 6.10 Å². The number of carbonyl (C=O) groups is 1. The monoisotopic (exact) mass is 247 g/mol. The maximum atomic E-state index is 11.9. The molecule has 0 aromatic heterocycles. The maximum Gasteiger partial charge on any atom is 0.338 e. The fourth-order valence-corrected chi connectivity index (χ4v) is 2.30. The molecular formula is C15H21NO2. The zero-order chi connectivity index (χ0) is 13.0. The summed E-state index contributed by atoms with van der Waals surface area (Å²) >= 11 is 0. The smallest absolute Gasteiger partial charge is 0.338 e. The molecule has 1 fully saturated rings. The highest BCUT2D eigenvalue weighted by molar-refractivity contribution is 5.89. The van der Waals surface area contributed by atoms with Gasteiger partial charge in [0.15, 0.2) is 0 Å². The van der Waals surface area contributed by atoms with Crippen LogP contribution >= 0.6 is 0 Å². The third-order valence-corrected chi connectivity index (χ3v) is 3.49.